The lowest BCUT2D eigenvalue weighted by Crippen LogP contribution is -1.92. The number of aromatic nitrogens is 3. The Balaban J connectivity index is 1.30. The van der Waals surface area contributed by atoms with Gasteiger partial charge in [-0.05, 0) is 60.7 Å². The maximum Gasteiger partial charge on any atom is 0.119 e. The normalized spacial score (nSPS) is 14.4. The summed E-state index contributed by atoms with van der Waals surface area (Å²) in [6.45, 7) is 0. The van der Waals surface area contributed by atoms with Crippen LogP contribution >= 0.6 is 23.1 Å². The largest absolute Gasteiger partial charge is 0.349 e. The van der Waals surface area contributed by atoms with Crippen molar-refractivity contribution < 1.29 is 0 Å². The third-order valence-corrected chi connectivity index (χ3v) is 6.89. The van der Waals surface area contributed by atoms with Crippen molar-refractivity contribution >= 4 is 45.1 Å². The molecule has 140 valence electrons. The summed E-state index contributed by atoms with van der Waals surface area (Å²) >= 11 is 3.47. The molecule has 4 nitrogen and oxygen atoms in total. The van der Waals surface area contributed by atoms with Gasteiger partial charge in [0.1, 0.15) is 5.01 Å². The molecule has 2 aromatic carbocycles. The van der Waals surface area contributed by atoms with Crippen molar-refractivity contribution in [3.05, 3.63) is 95.5 Å². The van der Waals surface area contributed by atoms with Crippen LogP contribution in [0.1, 0.15) is 5.01 Å². The minimum absolute atomic E-state index is 1.01. The molecule has 0 saturated heterocycles. The zero-order valence-corrected chi connectivity index (χ0v) is 17.0. The molecule has 0 spiro atoms. The van der Waals surface area contributed by atoms with Crippen LogP contribution in [-0.2, 0) is 0 Å². The Kier molecular flexibility index (Phi) is 3.85. The minimum Gasteiger partial charge on any atom is -0.349 e. The molecule has 5 aromatic rings. The minimum atomic E-state index is 1.01. The zero-order valence-electron chi connectivity index (χ0n) is 15.3. The fourth-order valence-electron chi connectivity index (χ4n) is 3.49. The number of benzene rings is 2. The molecular formula is C23H16N4S2. The van der Waals surface area contributed by atoms with Crippen LogP contribution in [-0.4, -0.2) is 14.1 Å². The average molecular weight is 413 g/mol. The average Bonchev–Trinajstić information content (AvgIpc) is 3.53. The third kappa shape index (κ3) is 3.06. The first-order valence-electron chi connectivity index (χ1n) is 9.30. The van der Waals surface area contributed by atoms with Gasteiger partial charge in [0.25, 0.3) is 0 Å². The van der Waals surface area contributed by atoms with E-state index in [0.717, 1.165) is 32.6 Å². The monoisotopic (exact) mass is 412 g/mol. The summed E-state index contributed by atoms with van der Waals surface area (Å²) in [5, 5.41) is 5.65. The fourth-order valence-corrected chi connectivity index (χ4v) is 5.38. The van der Waals surface area contributed by atoms with Crippen molar-refractivity contribution in [3.63, 3.8) is 0 Å². The maximum atomic E-state index is 4.84. The predicted octanol–water partition coefficient (Wildman–Crippen LogP) is 6.39. The van der Waals surface area contributed by atoms with Crippen molar-refractivity contribution in [1.29, 1.82) is 0 Å². The Morgan fingerprint density at radius 2 is 1.52 bits per heavy atom. The van der Waals surface area contributed by atoms with Gasteiger partial charge in [0.15, 0.2) is 0 Å². The van der Waals surface area contributed by atoms with Gasteiger partial charge in [0, 0.05) is 47.1 Å². The zero-order chi connectivity index (χ0) is 19.2. The van der Waals surface area contributed by atoms with Crippen LogP contribution in [0.4, 0.5) is 5.69 Å². The number of nitrogens with zero attached hydrogens (tertiary/aromatic N) is 3. The first-order chi connectivity index (χ1) is 14.3. The second-order valence-electron chi connectivity index (χ2n) is 6.80. The van der Waals surface area contributed by atoms with E-state index in [1.54, 1.807) is 23.1 Å². The highest BCUT2D eigenvalue weighted by molar-refractivity contribution is 8.03. The van der Waals surface area contributed by atoms with Gasteiger partial charge in [-0.1, -0.05) is 11.8 Å². The van der Waals surface area contributed by atoms with Crippen molar-refractivity contribution in [1.82, 2.24) is 14.1 Å². The molecule has 6 rings (SSSR count). The molecular weight excluding hydrogens is 396 g/mol. The van der Waals surface area contributed by atoms with Crippen molar-refractivity contribution in [2.24, 2.45) is 0 Å². The lowest BCUT2D eigenvalue weighted by Gasteiger charge is -2.05. The summed E-state index contributed by atoms with van der Waals surface area (Å²) in [7, 11) is 0. The lowest BCUT2D eigenvalue weighted by atomic mass is 10.2. The Morgan fingerprint density at radius 1 is 0.828 bits per heavy atom. The standard InChI is InChI=1S/C23H16N4S2/c1-2-10-26(9-1)16-5-7-20-18(13-16)24-22(28-20)15-23-25-19-14-17(6-8-21(19)29-23)27-11-3-4-12-27/h1-15,24H/b22-15-. The molecule has 29 heavy (non-hydrogen) atoms. The van der Waals surface area contributed by atoms with E-state index in [0.29, 0.717) is 0 Å². The van der Waals surface area contributed by atoms with E-state index in [9.17, 15) is 0 Å². The maximum absolute atomic E-state index is 4.84. The summed E-state index contributed by atoms with van der Waals surface area (Å²) < 4.78 is 5.41. The Bertz CT molecular complexity index is 1350. The topological polar surface area (TPSA) is 34.8 Å². The van der Waals surface area contributed by atoms with Gasteiger partial charge in [0.2, 0.25) is 0 Å². The molecule has 0 atom stereocenters. The lowest BCUT2D eigenvalue weighted by molar-refractivity contribution is 1.08. The van der Waals surface area contributed by atoms with Crippen LogP contribution < -0.4 is 5.32 Å². The van der Waals surface area contributed by atoms with E-state index in [1.807, 2.05) is 24.3 Å². The molecule has 1 aliphatic rings. The van der Waals surface area contributed by atoms with Crippen molar-refractivity contribution in [2.75, 3.05) is 5.32 Å². The van der Waals surface area contributed by atoms with E-state index in [4.69, 9.17) is 4.98 Å². The van der Waals surface area contributed by atoms with Crippen molar-refractivity contribution in [2.45, 2.75) is 4.90 Å². The van der Waals surface area contributed by atoms with Gasteiger partial charge in [-0.2, -0.15) is 0 Å². The molecule has 6 heteroatoms. The van der Waals surface area contributed by atoms with Crippen LogP contribution in [0, 0.1) is 0 Å². The molecule has 0 saturated carbocycles. The Hall–Kier alpha value is -3.22. The number of nitrogens with one attached hydrogen (secondary N) is 1. The second-order valence-corrected chi connectivity index (χ2v) is 8.95. The summed E-state index contributed by atoms with van der Waals surface area (Å²) in [4.78, 5) is 6.08. The van der Waals surface area contributed by atoms with E-state index in [-0.39, 0.29) is 0 Å². The first kappa shape index (κ1) is 16.7. The number of hydrogen-bond donors (Lipinski definition) is 1. The van der Waals surface area contributed by atoms with Crippen LogP contribution in [0.25, 0.3) is 27.7 Å². The first-order valence-corrected chi connectivity index (χ1v) is 10.9. The van der Waals surface area contributed by atoms with E-state index in [2.05, 4.69) is 81.7 Å². The van der Waals surface area contributed by atoms with Crippen LogP contribution in [0.2, 0.25) is 0 Å². The van der Waals surface area contributed by atoms with Gasteiger partial charge < -0.3 is 14.5 Å². The Morgan fingerprint density at radius 3 is 2.28 bits per heavy atom. The highest BCUT2D eigenvalue weighted by Gasteiger charge is 2.17. The van der Waals surface area contributed by atoms with E-state index >= 15 is 0 Å². The molecule has 0 radical (unpaired) electrons. The summed E-state index contributed by atoms with van der Waals surface area (Å²) in [6, 6.07) is 21.1. The Labute approximate surface area is 176 Å². The third-order valence-electron chi connectivity index (χ3n) is 4.89. The number of thioether (sulfide) groups is 1. The number of thiazole rings is 1. The van der Waals surface area contributed by atoms with Gasteiger partial charge >= 0.3 is 0 Å². The van der Waals surface area contributed by atoms with Gasteiger partial charge in [-0.15, -0.1) is 11.3 Å². The highest BCUT2D eigenvalue weighted by Crippen LogP contribution is 2.43. The van der Waals surface area contributed by atoms with E-state index < -0.39 is 0 Å². The molecule has 4 heterocycles. The molecule has 0 fully saturated rings. The SMILES string of the molecule is C(=C1\Nc2cc(-n3cccc3)ccc2S1)/c1nc2cc(-n3cccc3)ccc2s1. The molecule has 1 N–H and O–H groups in total. The predicted molar refractivity (Wildman–Crippen MR) is 122 cm³/mol. The van der Waals surface area contributed by atoms with Gasteiger partial charge in [0.05, 0.1) is 20.9 Å². The summed E-state index contributed by atoms with van der Waals surface area (Å²) in [6.07, 6.45) is 10.4. The van der Waals surface area contributed by atoms with Gasteiger partial charge in [-0.25, -0.2) is 4.98 Å². The molecule has 0 aliphatic carbocycles. The number of hydrogen-bond acceptors (Lipinski definition) is 4. The molecule has 3 aromatic heterocycles. The molecule has 0 unspecified atom stereocenters. The number of anilines is 1. The second kappa shape index (κ2) is 6.69. The smallest absolute Gasteiger partial charge is 0.119 e. The summed E-state index contributed by atoms with van der Waals surface area (Å²) in [5.74, 6) is 0. The number of fused-ring (bicyclic) bond motifs is 2. The molecule has 1 aliphatic heterocycles. The van der Waals surface area contributed by atoms with Gasteiger partial charge in [-0.3, -0.25) is 0 Å². The quantitative estimate of drug-likeness (QED) is 0.373. The van der Waals surface area contributed by atoms with E-state index in [1.165, 1.54) is 9.60 Å². The van der Waals surface area contributed by atoms with Crippen LogP contribution in [0.5, 0.6) is 0 Å². The fraction of sp³-hybridized carbons (Fsp3) is 0. The highest BCUT2D eigenvalue weighted by atomic mass is 32.2. The number of rotatable bonds is 3. The van der Waals surface area contributed by atoms with Crippen LogP contribution in [0.3, 0.4) is 0 Å². The van der Waals surface area contributed by atoms with Crippen molar-refractivity contribution in [3.8, 4) is 11.4 Å². The summed E-state index contributed by atoms with van der Waals surface area (Å²) in [5.41, 5.74) is 4.46. The molecule has 0 bridgehead atoms. The van der Waals surface area contributed by atoms with Crippen LogP contribution in [0.15, 0.2) is 95.4 Å². The molecule has 0 amide bonds.